The van der Waals surface area contributed by atoms with Crippen LogP contribution in [0.4, 0.5) is 13.2 Å². The number of benzene rings is 3. The van der Waals surface area contributed by atoms with Gasteiger partial charge in [0.15, 0.2) is 0 Å². The fourth-order valence-corrected chi connectivity index (χ4v) is 4.20. The molecule has 0 bridgehead atoms. The Morgan fingerprint density at radius 1 is 1.00 bits per heavy atom. The summed E-state index contributed by atoms with van der Waals surface area (Å²) in [5, 5.41) is 0.517. The Morgan fingerprint density at radius 3 is 2.18 bits per heavy atom. The Labute approximate surface area is 200 Å². The van der Waals surface area contributed by atoms with Crippen LogP contribution in [0.3, 0.4) is 0 Å². The van der Waals surface area contributed by atoms with Crippen LogP contribution in [0.25, 0.3) is 0 Å². The summed E-state index contributed by atoms with van der Waals surface area (Å²) in [7, 11) is -4.47. The second kappa shape index (κ2) is 10.1. The van der Waals surface area contributed by atoms with Gasteiger partial charge < -0.3 is 9.08 Å². The van der Waals surface area contributed by atoms with E-state index in [1.165, 1.54) is 12.1 Å². The maximum absolute atomic E-state index is 12.9. The molecule has 0 heterocycles. The van der Waals surface area contributed by atoms with Gasteiger partial charge in [0.25, 0.3) is 5.91 Å². The van der Waals surface area contributed by atoms with Gasteiger partial charge in [0.1, 0.15) is 10.6 Å². The molecule has 0 aliphatic carbocycles. The van der Waals surface area contributed by atoms with E-state index in [1.54, 1.807) is 41.3 Å². The SMILES string of the molecule is CC(C)N(Cc1ccc(OS(=O)(=O)c2cccc(C(F)(F)F)c2)cc1)C(=O)c1ccc(Cl)cc1. The third-order valence-corrected chi connectivity index (χ3v) is 6.40. The van der Waals surface area contributed by atoms with Gasteiger partial charge in [-0.25, -0.2) is 0 Å². The number of carbonyl (C=O) groups excluding carboxylic acids is 1. The molecule has 3 aromatic rings. The van der Waals surface area contributed by atoms with Crippen molar-refractivity contribution in [2.75, 3.05) is 0 Å². The summed E-state index contributed by atoms with van der Waals surface area (Å²) in [4.78, 5) is 13.9. The molecule has 10 heteroatoms. The van der Waals surface area contributed by atoms with Gasteiger partial charge >= 0.3 is 16.3 Å². The van der Waals surface area contributed by atoms with Crippen molar-refractivity contribution in [1.29, 1.82) is 0 Å². The minimum Gasteiger partial charge on any atom is -0.379 e. The van der Waals surface area contributed by atoms with Gasteiger partial charge in [0.05, 0.1) is 5.56 Å². The monoisotopic (exact) mass is 511 g/mol. The number of hydrogen-bond donors (Lipinski definition) is 0. The molecule has 0 aliphatic heterocycles. The van der Waals surface area contributed by atoms with Crippen molar-refractivity contribution >= 4 is 27.6 Å². The molecule has 0 N–H and O–H groups in total. The lowest BCUT2D eigenvalue weighted by atomic mass is 10.1. The minimum absolute atomic E-state index is 0.0683. The van der Waals surface area contributed by atoms with Crippen molar-refractivity contribution in [3.8, 4) is 5.75 Å². The number of carbonyl (C=O) groups is 1. The van der Waals surface area contributed by atoms with E-state index < -0.39 is 26.8 Å². The molecule has 0 spiro atoms. The lowest BCUT2D eigenvalue weighted by Crippen LogP contribution is -2.36. The summed E-state index contributed by atoms with van der Waals surface area (Å²) in [5.41, 5.74) is 0.0942. The smallest absolute Gasteiger partial charge is 0.379 e. The predicted octanol–water partition coefficient (Wildman–Crippen LogP) is 6.18. The highest BCUT2D eigenvalue weighted by Crippen LogP contribution is 2.31. The Morgan fingerprint density at radius 2 is 1.62 bits per heavy atom. The van der Waals surface area contributed by atoms with E-state index in [-0.39, 0.29) is 24.2 Å². The second-order valence-corrected chi connectivity index (χ2v) is 9.72. The summed E-state index contributed by atoms with van der Waals surface area (Å²) >= 11 is 5.89. The fraction of sp³-hybridized carbons (Fsp3) is 0.208. The number of hydrogen-bond acceptors (Lipinski definition) is 4. The average molecular weight is 512 g/mol. The largest absolute Gasteiger partial charge is 0.416 e. The van der Waals surface area contributed by atoms with Gasteiger partial charge in [0, 0.05) is 23.2 Å². The van der Waals surface area contributed by atoms with Crippen LogP contribution < -0.4 is 4.18 Å². The first-order chi connectivity index (χ1) is 15.9. The zero-order chi connectivity index (χ0) is 25.1. The van der Waals surface area contributed by atoms with Crippen molar-refractivity contribution in [1.82, 2.24) is 4.90 Å². The van der Waals surface area contributed by atoms with Crippen LogP contribution in [0.1, 0.15) is 35.3 Å². The lowest BCUT2D eigenvalue weighted by molar-refractivity contribution is -0.137. The average Bonchev–Trinajstić information content (AvgIpc) is 2.78. The van der Waals surface area contributed by atoms with Crippen molar-refractivity contribution in [3.63, 3.8) is 0 Å². The lowest BCUT2D eigenvalue weighted by Gasteiger charge is -2.27. The van der Waals surface area contributed by atoms with Gasteiger partial charge in [-0.2, -0.15) is 21.6 Å². The Bertz CT molecular complexity index is 1260. The molecular formula is C24H21ClF3NO4S. The summed E-state index contributed by atoms with van der Waals surface area (Å²) in [6.45, 7) is 3.99. The summed E-state index contributed by atoms with van der Waals surface area (Å²) in [6.07, 6.45) is -4.68. The molecule has 34 heavy (non-hydrogen) atoms. The number of nitrogens with zero attached hydrogens (tertiary/aromatic N) is 1. The number of rotatable bonds is 7. The molecule has 0 aliphatic rings. The molecular weight excluding hydrogens is 491 g/mol. The van der Waals surface area contributed by atoms with Crippen LogP contribution in [-0.4, -0.2) is 25.3 Å². The maximum atomic E-state index is 12.9. The van der Waals surface area contributed by atoms with Crippen molar-refractivity contribution in [2.45, 2.75) is 37.5 Å². The standard InChI is InChI=1S/C24H21ClF3NO4S/c1-16(2)29(23(30)18-8-10-20(25)11-9-18)15-17-6-12-21(13-7-17)33-34(31,32)22-5-3-4-19(14-22)24(26,27)28/h3-14,16H,15H2,1-2H3. The molecule has 1 amide bonds. The molecule has 0 unspecified atom stereocenters. The topological polar surface area (TPSA) is 63.7 Å². The molecule has 0 atom stereocenters. The first kappa shape index (κ1) is 25.6. The molecule has 0 saturated heterocycles. The number of alkyl halides is 3. The van der Waals surface area contributed by atoms with Gasteiger partial charge in [-0.05, 0) is 74.0 Å². The third-order valence-electron chi connectivity index (χ3n) is 4.91. The van der Waals surface area contributed by atoms with Crippen molar-refractivity contribution < 1.29 is 30.6 Å². The van der Waals surface area contributed by atoms with Crippen LogP contribution in [0, 0.1) is 0 Å². The van der Waals surface area contributed by atoms with E-state index in [0.29, 0.717) is 22.2 Å². The molecule has 3 aromatic carbocycles. The van der Waals surface area contributed by atoms with Gasteiger partial charge in [-0.3, -0.25) is 4.79 Å². The predicted molar refractivity (Wildman–Crippen MR) is 122 cm³/mol. The van der Waals surface area contributed by atoms with E-state index in [4.69, 9.17) is 15.8 Å². The van der Waals surface area contributed by atoms with Gasteiger partial charge in [-0.1, -0.05) is 29.8 Å². The van der Waals surface area contributed by atoms with Gasteiger partial charge in [-0.15, -0.1) is 0 Å². The van der Waals surface area contributed by atoms with E-state index >= 15 is 0 Å². The molecule has 180 valence electrons. The Kier molecular flexibility index (Phi) is 7.57. The van der Waals surface area contributed by atoms with E-state index in [2.05, 4.69) is 0 Å². The fourth-order valence-electron chi connectivity index (χ4n) is 3.10. The van der Waals surface area contributed by atoms with Crippen molar-refractivity contribution in [2.24, 2.45) is 0 Å². The van der Waals surface area contributed by atoms with Gasteiger partial charge in [0.2, 0.25) is 0 Å². The molecule has 0 saturated carbocycles. The third kappa shape index (κ3) is 6.30. The zero-order valence-electron chi connectivity index (χ0n) is 18.2. The van der Waals surface area contributed by atoms with Crippen LogP contribution in [0.15, 0.2) is 77.7 Å². The molecule has 0 radical (unpaired) electrons. The van der Waals surface area contributed by atoms with Crippen LogP contribution in [0.5, 0.6) is 5.75 Å². The first-order valence-electron chi connectivity index (χ1n) is 10.1. The minimum atomic E-state index is -4.68. The first-order valence-corrected chi connectivity index (χ1v) is 11.9. The molecule has 0 fully saturated rings. The summed E-state index contributed by atoms with van der Waals surface area (Å²) < 4.78 is 68.6. The number of amides is 1. The maximum Gasteiger partial charge on any atom is 0.416 e. The molecule has 0 aromatic heterocycles. The zero-order valence-corrected chi connectivity index (χ0v) is 19.8. The molecule has 5 nitrogen and oxygen atoms in total. The van der Waals surface area contributed by atoms with E-state index in [1.807, 2.05) is 13.8 Å². The highest BCUT2D eigenvalue weighted by Gasteiger charge is 2.32. The van der Waals surface area contributed by atoms with E-state index in [0.717, 1.165) is 18.2 Å². The molecule has 3 rings (SSSR count). The summed E-state index contributed by atoms with van der Waals surface area (Å²) in [5.74, 6) is -0.264. The van der Waals surface area contributed by atoms with Crippen molar-refractivity contribution in [3.05, 3.63) is 94.5 Å². The van der Waals surface area contributed by atoms with Crippen LogP contribution >= 0.6 is 11.6 Å². The Hall–Kier alpha value is -3.04. The highest BCUT2D eigenvalue weighted by molar-refractivity contribution is 7.87. The van der Waals surface area contributed by atoms with E-state index in [9.17, 15) is 26.4 Å². The highest BCUT2D eigenvalue weighted by atomic mass is 35.5. The Balaban J connectivity index is 1.75. The van der Waals surface area contributed by atoms with Crippen LogP contribution in [-0.2, 0) is 22.8 Å². The quantitative estimate of drug-likeness (QED) is 0.355. The summed E-state index contributed by atoms with van der Waals surface area (Å²) in [6, 6.07) is 15.7. The van der Waals surface area contributed by atoms with Crippen LogP contribution in [0.2, 0.25) is 5.02 Å². The number of halogens is 4. The normalized spacial score (nSPS) is 12.0. The second-order valence-electron chi connectivity index (χ2n) is 7.74.